The molecule has 0 bridgehead atoms. The first-order chi connectivity index (χ1) is 6.93. The van der Waals surface area contributed by atoms with E-state index >= 15 is 0 Å². The Kier molecular flexibility index (Phi) is 4.34. The Morgan fingerprint density at radius 2 is 1.62 bits per heavy atom. The standard InChI is InChI=1S/C9H14F3NO3/c1-5(14)16-6(9(10,11)12)7(15)13-8(2,3)4/h6H,1-4H3,(H,13,15). The second-order valence-electron chi connectivity index (χ2n) is 4.27. The molecule has 1 amide bonds. The Morgan fingerprint density at radius 3 is 1.88 bits per heavy atom. The Bertz CT molecular complexity index is 281. The van der Waals surface area contributed by atoms with E-state index in [1.54, 1.807) is 0 Å². The minimum Gasteiger partial charge on any atom is -0.443 e. The maximum atomic E-state index is 12.4. The van der Waals surface area contributed by atoms with Crippen LogP contribution in [0.3, 0.4) is 0 Å². The molecule has 16 heavy (non-hydrogen) atoms. The van der Waals surface area contributed by atoms with Gasteiger partial charge in [0.2, 0.25) is 0 Å². The van der Waals surface area contributed by atoms with Gasteiger partial charge in [0.15, 0.2) is 0 Å². The van der Waals surface area contributed by atoms with Gasteiger partial charge in [-0.25, -0.2) is 0 Å². The molecule has 0 aliphatic heterocycles. The fraction of sp³-hybridized carbons (Fsp3) is 0.778. The maximum absolute atomic E-state index is 12.4. The van der Waals surface area contributed by atoms with Crippen LogP contribution < -0.4 is 5.32 Å². The van der Waals surface area contributed by atoms with Crippen LogP contribution in [-0.4, -0.2) is 29.7 Å². The predicted octanol–water partition coefficient (Wildman–Crippen LogP) is 1.40. The molecule has 0 saturated carbocycles. The van der Waals surface area contributed by atoms with Crippen molar-refractivity contribution in [2.45, 2.75) is 45.5 Å². The molecule has 1 N–H and O–H groups in total. The Balaban J connectivity index is 4.78. The minimum absolute atomic E-state index is 0.809. The molecule has 4 nitrogen and oxygen atoms in total. The number of carbonyl (C=O) groups is 2. The summed E-state index contributed by atoms with van der Waals surface area (Å²) in [6.45, 7) is 5.37. The third-order valence-electron chi connectivity index (χ3n) is 1.32. The van der Waals surface area contributed by atoms with Gasteiger partial charge in [-0.1, -0.05) is 0 Å². The Labute approximate surface area is 91.1 Å². The lowest BCUT2D eigenvalue weighted by atomic mass is 10.1. The summed E-state index contributed by atoms with van der Waals surface area (Å²) in [5, 5.41) is 2.09. The Hall–Kier alpha value is -1.27. The van der Waals surface area contributed by atoms with E-state index < -0.39 is 29.7 Å². The van der Waals surface area contributed by atoms with Crippen LogP contribution in [0.5, 0.6) is 0 Å². The summed E-state index contributed by atoms with van der Waals surface area (Å²) in [4.78, 5) is 21.7. The zero-order valence-corrected chi connectivity index (χ0v) is 9.44. The topological polar surface area (TPSA) is 55.4 Å². The fourth-order valence-electron chi connectivity index (χ4n) is 0.870. The van der Waals surface area contributed by atoms with Crippen molar-refractivity contribution in [1.82, 2.24) is 5.32 Å². The highest BCUT2D eigenvalue weighted by Crippen LogP contribution is 2.23. The van der Waals surface area contributed by atoms with Crippen molar-refractivity contribution in [1.29, 1.82) is 0 Å². The maximum Gasteiger partial charge on any atom is 0.434 e. The zero-order chi connectivity index (χ0) is 13.1. The summed E-state index contributed by atoms with van der Waals surface area (Å²) in [6.07, 6.45) is -7.68. The molecule has 1 unspecified atom stereocenters. The largest absolute Gasteiger partial charge is 0.443 e. The molecular formula is C9H14F3NO3. The SMILES string of the molecule is CC(=O)OC(C(=O)NC(C)(C)C)C(F)(F)F. The van der Waals surface area contributed by atoms with Gasteiger partial charge in [-0.3, -0.25) is 9.59 Å². The lowest BCUT2D eigenvalue weighted by molar-refractivity contribution is -0.219. The van der Waals surface area contributed by atoms with E-state index in [-0.39, 0.29) is 0 Å². The summed E-state index contributed by atoms with van der Waals surface area (Å²) < 4.78 is 41.1. The summed E-state index contributed by atoms with van der Waals surface area (Å²) >= 11 is 0. The molecule has 0 aromatic heterocycles. The van der Waals surface area contributed by atoms with E-state index in [1.165, 1.54) is 20.8 Å². The molecule has 0 aliphatic carbocycles. The molecule has 0 aliphatic rings. The number of rotatable bonds is 2. The third kappa shape index (κ3) is 5.57. The average molecular weight is 241 g/mol. The van der Waals surface area contributed by atoms with Crippen LogP contribution in [0.15, 0.2) is 0 Å². The number of amides is 1. The smallest absolute Gasteiger partial charge is 0.434 e. The van der Waals surface area contributed by atoms with E-state index in [4.69, 9.17) is 0 Å². The molecule has 0 saturated heterocycles. The van der Waals surface area contributed by atoms with Gasteiger partial charge in [-0.2, -0.15) is 13.2 Å². The van der Waals surface area contributed by atoms with Gasteiger partial charge in [0.1, 0.15) is 0 Å². The van der Waals surface area contributed by atoms with Gasteiger partial charge in [0, 0.05) is 12.5 Å². The van der Waals surface area contributed by atoms with Crippen molar-refractivity contribution in [3.05, 3.63) is 0 Å². The summed E-state index contributed by atoms with van der Waals surface area (Å²) in [5.74, 6) is -2.54. The average Bonchev–Trinajstić information content (AvgIpc) is 1.93. The lowest BCUT2D eigenvalue weighted by Gasteiger charge is -2.25. The second-order valence-corrected chi connectivity index (χ2v) is 4.27. The van der Waals surface area contributed by atoms with Crippen LogP contribution in [0, 0.1) is 0 Å². The van der Waals surface area contributed by atoms with Crippen molar-refractivity contribution < 1.29 is 27.5 Å². The number of nitrogens with one attached hydrogen (secondary N) is 1. The first-order valence-corrected chi connectivity index (χ1v) is 4.49. The molecule has 0 radical (unpaired) electrons. The number of carbonyl (C=O) groups excluding carboxylic acids is 2. The minimum atomic E-state index is -4.92. The summed E-state index contributed by atoms with van der Waals surface area (Å²) in [5.41, 5.74) is -0.833. The Morgan fingerprint density at radius 1 is 1.19 bits per heavy atom. The molecule has 7 heteroatoms. The van der Waals surface area contributed by atoms with Crippen molar-refractivity contribution in [3.63, 3.8) is 0 Å². The van der Waals surface area contributed by atoms with Gasteiger partial charge >= 0.3 is 12.1 Å². The van der Waals surface area contributed by atoms with Crippen LogP contribution in [-0.2, 0) is 14.3 Å². The molecule has 0 fully saturated rings. The highest BCUT2D eigenvalue weighted by atomic mass is 19.4. The third-order valence-corrected chi connectivity index (χ3v) is 1.32. The van der Waals surface area contributed by atoms with Crippen molar-refractivity contribution in [3.8, 4) is 0 Å². The second kappa shape index (κ2) is 4.71. The van der Waals surface area contributed by atoms with Crippen molar-refractivity contribution >= 4 is 11.9 Å². The molecule has 0 aromatic rings. The van der Waals surface area contributed by atoms with Crippen LogP contribution >= 0.6 is 0 Å². The van der Waals surface area contributed by atoms with Crippen LogP contribution in [0.25, 0.3) is 0 Å². The monoisotopic (exact) mass is 241 g/mol. The van der Waals surface area contributed by atoms with E-state index in [2.05, 4.69) is 10.1 Å². The first-order valence-electron chi connectivity index (χ1n) is 4.49. The molecular weight excluding hydrogens is 227 g/mol. The van der Waals surface area contributed by atoms with E-state index in [0.717, 1.165) is 6.92 Å². The van der Waals surface area contributed by atoms with Crippen molar-refractivity contribution in [2.75, 3.05) is 0 Å². The predicted molar refractivity (Wildman–Crippen MR) is 49.5 cm³/mol. The number of hydrogen-bond acceptors (Lipinski definition) is 3. The van der Waals surface area contributed by atoms with Gasteiger partial charge in [-0.05, 0) is 20.8 Å². The number of halogens is 3. The van der Waals surface area contributed by atoms with Gasteiger partial charge < -0.3 is 10.1 Å². The van der Waals surface area contributed by atoms with Gasteiger partial charge in [-0.15, -0.1) is 0 Å². The van der Waals surface area contributed by atoms with Crippen molar-refractivity contribution in [2.24, 2.45) is 0 Å². The van der Waals surface area contributed by atoms with Crippen LogP contribution in [0.1, 0.15) is 27.7 Å². The van der Waals surface area contributed by atoms with Crippen LogP contribution in [0.2, 0.25) is 0 Å². The zero-order valence-electron chi connectivity index (χ0n) is 9.44. The summed E-state index contributed by atoms with van der Waals surface area (Å²) in [6, 6.07) is 0. The molecule has 94 valence electrons. The number of ether oxygens (including phenoxy) is 1. The van der Waals surface area contributed by atoms with Crippen LogP contribution in [0.4, 0.5) is 13.2 Å². The quantitative estimate of drug-likeness (QED) is 0.743. The first kappa shape index (κ1) is 14.7. The molecule has 0 heterocycles. The van der Waals surface area contributed by atoms with E-state index in [1.807, 2.05) is 0 Å². The highest BCUT2D eigenvalue weighted by Gasteiger charge is 2.48. The molecule has 0 rings (SSSR count). The highest BCUT2D eigenvalue weighted by molar-refractivity contribution is 5.84. The number of alkyl halides is 3. The fourth-order valence-corrected chi connectivity index (χ4v) is 0.870. The van der Waals surface area contributed by atoms with E-state index in [0.29, 0.717) is 0 Å². The summed E-state index contributed by atoms with van der Waals surface area (Å²) in [7, 11) is 0. The molecule has 0 spiro atoms. The molecule has 1 atom stereocenters. The lowest BCUT2D eigenvalue weighted by Crippen LogP contribution is -2.52. The number of hydrogen-bond donors (Lipinski definition) is 1. The number of esters is 1. The van der Waals surface area contributed by atoms with Gasteiger partial charge in [0.05, 0.1) is 0 Å². The van der Waals surface area contributed by atoms with Gasteiger partial charge in [0.25, 0.3) is 12.0 Å². The van der Waals surface area contributed by atoms with E-state index in [9.17, 15) is 22.8 Å². The molecule has 0 aromatic carbocycles. The normalized spacial score (nSPS) is 14.2.